The molecule has 0 aromatic carbocycles. The maximum absolute atomic E-state index is 12.0. The van der Waals surface area contributed by atoms with Crippen LogP contribution in [0.25, 0.3) is 0 Å². The summed E-state index contributed by atoms with van der Waals surface area (Å²) in [4.78, 5) is 16.5. The third kappa shape index (κ3) is 5.38. The third-order valence-corrected chi connectivity index (χ3v) is 3.72. The summed E-state index contributed by atoms with van der Waals surface area (Å²) >= 11 is 0. The monoisotopic (exact) mass is 254 g/mol. The average Bonchev–Trinajstić information content (AvgIpc) is 2.76. The molecule has 0 aliphatic carbocycles. The van der Waals surface area contributed by atoms with Gasteiger partial charge in [-0.05, 0) is 51.2 Å². The summed E-state index contributed by atoms with van der Waals surface area (Å²) in [6.07, 6.45) is 5.35. The molecule has 0 aromatic heterocycles. The number of nitrogens with zero attached hydrogens (tertiary/aromatic N) is 2. The number of rotatable bonds is 8. The first-order valence-corrected chi connectivity index (χ1v) is 7.67. The maximum Gasteiger partial charge on any atom is 0.222 e. The van der Waals surface area contributed by atoms with Gasteiger partial charge in [0.15, 0.2) is 0 Å². The Hall–Kier alpha value is -0.570. The molecule has 1 saturated heterocycles. The molecular weight excluding hydrogens is 224 g/mol. The molecule has 1 rings (SSSR count). The van der Waals surface area contributed by atoms with Crippen LogP contribution in [0, 0.1) is 5.92 Å². The standard InChI is InChI=1S/C15H30N2O/c1-4-9-16(10-5-2)11-6-7-15(18)17-12-8-14(3)13-17/h14H,4-13H2,1-3H3. The molecule has 3 heteroatoms. The molecule has 1 amide bonds. The molecule has 1 heterocycles. The summed E-state index contributed by atoms with van der Waals surface area (Å²) in [6.45, 7) is 12.1. The number of hydrogen-bond donors (Lipinski definition) is 0. The Morgan fingerprint density at radius 1 is 1.22 bits per heavy atom. The Bertz CT molecular complexity index is 237. The molecule has 106 valence electrons. The third-order valence-electron chi connectivity index (χ3n) is 3.72. The molecule has 1 atom stereocenters. The highest BCUT2D eigenvalue weighted by Crippen LogP contribution is 2.16. The maximum atomic E-state index is 12.0. The number of hydrogen-bond acceptors (Lipinski definition) is 2. The lowest BCUT2D eigenvalue weighted by molar-refractivity contribution is -0.130. The van der Waals surface area contributed by atoms with E-state index in [4.69, 9.17) is 0 Å². The fourth-order valence-electron chi connectivity index (χ4n) is 2.74. The Balaban J connectivity index is 2.17. The second-order valence-corrected chi connectivity index (χ2v) is 5.68. The summed E-state index contributed by atoms with van der Waals surface area (Å²) in [5.74, 6) is 1.07. The minimum Gasteiger partial charge on any atom is -0.342 e. The van der Waals surface area contributed by atoms with Gasteiger partial charge in [-0.25, -0.2) is 0 Å². The second-order valence-electron chi connectivity index (χ2n) is 5.68. The Morgan fingerprint density at radius 3 is 2.39 bits per heavy atom. The van der Waals surface area contributed by atoms with Crippen LogP contribution < -0.4 is 0 Å². The van der Waals surface area contributed by atoms with E-state index in [9.17, 15) is 4.79 Å². The topological polar surface area (TPSA) is 23.6 Å². The highest BCUT2D eigenvalue weighted by Gasteiger charge is 2.22. The molecule has 1 fully saturated rings. The van der Waals surface area contributed by atoms with Gasteiger partial charge in [-0.1, -0.05) is 20.8 Å². The molecule has 0 bridgehead atoms. The van der Waals surface area contributed by atoms with Gasteiger partial charge >= 0.3 is 0 Å². The summed E-state index contributed by atoms with van der Waals surface area (Å²) in [7, 11) is 0. The quantitative estimate of drug-likeness (QED) is 0.665. The normalized spacial score (nSPS) is 19.8. The lowest BCUT2D eigenvalue weighted by atomic mass is 10.2. The Kier molecular flexibility index (Phi) is 7.33. The zero-order valence-electron chi connectivity index (χ0n) is 12.5. The van der Waals surface area contributed by atoms with Crippen molar-refractivity contribution in [1.82, 2.24) is 9.80 Å². The Morgan fingerprint density at radius 2 is 1.89 bits per heavy atom. The first kappa shape index (κ1) is 15.5. The van der Waals surface area contributed by atoms with Crippen LogP contribution in [0.2, 0.25) is 0 Å². The van der Waals surface area contributed by atoms with Gasteiger partial charge in [-0.15, -0.1) is 0 Å². The fourth-order valence-corrected chi connectivity index (χ4v) is 2.74. The summed E-state index contributed by atoms with van der Waals surface area (Å²) in [6, 6.07) is 0. The summed E-state index contributed by atoms with van der Waals surface area (Å²) < 4.78 is 0. The van der Waals surface area contributed by atoms with Crippen molar-refractivity contribution < 1.29 is 4.79 Å². The van der Waals surface area contributed by atoms with E-state index in [1.807, 2.05) is 0 Å². The van der Waals surface area contributed by atoms with Crippen molar-refractivity contribution in [1.29, 1.82) is 0 Å². The van der Waals surface area contributed by atoms with Crippen LogP contribution in [-0.4, -0.2) is 48.4 Å². The molecule has 1 aliphatic rings. The molecule has 0 aromatic rings. The molecule has 0 radical (unpaired) electrons. The number of carbonyl (C=O) groups is 1. The van der Waals surface area contributed by atoms with E-state index in [-0.39, 0.29) is 0 Å². The van der Waals surface area contributed by atoms with E-state index in [1.54, 1.807) is 0 Å². The minimum absolute atomic E-state index is 0.368. The molecule has 0 spiro atoms. The van der Waals surface area contributed by atoms with E-state index >= 15 is 0 Å². The van der Waals surface area contributed by atoms with E-state index < -0.39 is 0 Å². The smallest absolute Gasteiger partial charge is 0.222 e. The molecule has 1 unspecified atom stereocenters. The number of amides is 1. The van der Waals surface area contributed by atoms with Crippen molar-refractivity contribution in [3.63, 3.8) is 0 Å². The van der Waals surface area contributed by atoms with Crippen LogP contribution in [0.15, 0.2) is 0 Å². The van der Waals surface area contributed by atoms with Crippen LogP contribution in [0.1, 0.15) is 52.9 Å². The minimum atomic E-state index is 0.368. The molecule has 18 heavy (non-hydrogen) atoms. The highest BCUT2D eigenvalue weighted by atomic mass is 16.2. The van der Waals surface area contributed by atoms with Gasteiger partial charge < -0.3 is 9.80 Å². The zero-order valence-corrected chi connectivity index (χ0v) is 12.5. The van der Waals surface area contributed by atoms with Crippen molar-refractivity contribution in [2.45, 2.75) is 52.9 Å². The molecule has 0 saturated carbocycles. The lowest BCUT2D eigenvalue weighted by Gasteiger charge is -2.21. The largest absolute Gasteiger partial charge is 0.342 e. The first-order chi connectivity index (χ1) is 8.67. The molecule has 0 N–H and O–H groups in total. The van der Waals surface area contributed by atoms with Crippen molar-refractivity contribution in [2.24, 2.45) is 5.92 Å². The predicted molar refractivity (Wildman–Crippen MR) is 76.6 cm³/mol. The van der Waals surface area contributed by atoms with Crippen LogP contribution >= 0.6 is 0 Å². The average molecular weight is 254 g/mol. The van der Waals surface area contributed by atoms with E-state index in [0.29, 0.717) is 11.8 Å². The van der Waals surface area contributed by atoms with Crippen molar-refractivity contribution in [2.75, 3.05) is 32.7 Å². The number of carbonyl (C=O) groups excluding carboxylic acids is 1. The SMILES string of the molecule is CCCN(CCC)CCCC(=O)N1CCC(C)C1. The van der Waals surface area contributed by atoms with Gasteiger partial charge in [0.1, 0.15) is 0 Å². The van der Waals surface area contributed by atoms with Gasteiger partial charge in [0.05, 0.1) is 0 Å². The highest BCUT2D eigenvalue weighted by molar-refractivity contribution is 5.76. The second kappa shape index (κ2) is 8.52. The molecular formula is C15H30N2O. The zero-order chi connectivity index (χ0) is 13.4. The van der Waals surface area contributed by atoms with Crippen LogP contribution in [0.5, 0.6) is 0 Å². The van der Waals surface area contributed by atoms with E-state index in [0.717, 1.165) is 32.5 Å². The van der Waals surface area contributed by atoms with Gasteiger partial charge in [0.2, 0.25) is 5.91 Å². The van der Waals surface area contributed by atoms with Gasteiger partial charge in [-0.2, -0.15) is 0 Å². The molecule has 3 nitrogen and oxygen atoms in total. The van der Waals surface area contributed by atoms with Crippen molar-refractivity contribution in [3.8, 4) is 0 Å². The van der Waals surface area contributed by atoms with Crippen molar-refractivity contribution >= 4 is 5.91 Å². The van der Waals surface area contributed by atoms with Crippen LogP contribution in [0.4, 0.5) is 0 Å². The van der Waals surface area contributed by atoms with Gasteiger partial charge in [-0.3, -0.25) is 4.79 Å². The molecule has 1 aliphatic heterocycles. The van der Waals surface area contributed by atoms with Crippen LogP contribution in [0.3, 0.4) is 0 Å². The van der Waals surface area contributed by atoms with E-state index in [1.165, 1.54) is 32.4 Å². The number of likely N-dealkylation sites (tertiary alicyclic amines) is 1. The summed E-state index contributed by atoms with van der Waals surface area (Å²) in [5.41, 5.74) is 0. The summed E-state index contributed by atoms with van der Waals surface area (Å²) in [5, 5.41) is 0. The van der Waals surface area contributed by atoms with Gasteiger partial charge in [0, 0.05) is 19.5 Å². The first-order valence-electron chi connectivity index (χ1n) is 7.67. The van der Waals surface area contributed by atoms with Crippen LogP contribution in [-0.2, 0) is 4.79 Å². The van der Waals surface area contributed by atoms with E-state index in [2.05, 4.69) is 30.6 Å². The lowest BCUT2D eigenvalue weighted by Crippen LogP contribution is -2.30. The Labute approximate surface area is 113 Å². The van der Waals surface area contributed by atoms with Gasteiger partial charge in [0.25, 0.3) is 0 Å². The predicted octanol–water partition coefficient (Wildman–Crippen LogP) is 2.76. The fraction of sp³-hybridized carbons (Fsp3) is 0.933. The van der Waals surface area contributed by atoms with Crippen molar-refractivity contribution in [3.05, 3.63) is 0 Å².